The van der Waals surface area contributed by atoms with Crippen LogP contribution in [-0.2, 0) is 0 Å². The van der Waals surface area contributed by atoms with E-state index in [1.165, 1.54) is 27.7 Å². The Bertz CT molecular complexity index is 963. The summed E-state index contributed by atoms with van der Waals surface area (Å²) in [5, 5.41) is 9.69. The van der Waals surface area contributed by atoms with Crippen LogP contribution in [0.4, 0.5) is 11.4 Å². The van der Waals surface area contributed by atoms with Gasteiger partial charge in [-0.3, -0.25) is 0 Å². The summed E-state index contributed by atoms with van der Waals surface area (Å²) < 4.78 is 5.46. The van der Waals surface area contributed by atoms with Gasteiger partial charge in [0.25, 0.3) is 0 Å². The highest BCUT2D eigenvalue weighted by Crippen LogP contribution is 2.38. The normalized spacial score (nSPS) is 13.5. The van der Waals surface area contributed by atoms with Gasteiger partial charge in [-0.25, -0.2) is 0 Å². The molecule has 0 atom stereocenters. The maximum Gasteiger partial charge on any atom is 0.133 e. The summed E-state index contributed by atoms with van der Waals surface area (Å²) in [6.07, 6.45) is 1.75. The van der Waals surface area contributed by atoms with Crippen molar-refractivity contribution in [3.63, 3.8) is 0 Å². The zero-order chi connectivity index (χ0) is 15.9. The van der Waals surface area contributed by atoms with Gasteiger partial charge in [-0.15, -0.1) is 0 Å². The first-order chi connectivity index (χ1) is 11.9. The van der Waals surface area contributed by atoms with E-state index in [9.17, 15) is 0 Å². The number of nitrogens with one attached hydrogen (secondary N) is 2. The average Bonchev–Trinajstić information content (AvgIpc) is 3.17. The lowest BCUT2D eigenvalue weighted by Gasteiger charge is -2.29. The molecule has 0 bridgehead atoms. The number of hydrogen-bond donors (Lipinski definition) is 2. The van der Waals surface area contributed by atoms with E-state index in [1.807, 2.05) is 12.1 Å². The number of benzene rings is 3. The molecule has 1 aromatic heterocycles. The van der Waals surface area contributed by atoms with Crippen molar-refractivity contribution in [3.8, 4) is 11.3 Å². The van der Waals surface area contributed by atoms with E-state index in [4.69, 9.17) is 4.42 Å². The molecule has 3 heteroatoms. The number of hydrogen-bond acceptors (Lipinski definition) is 3. The number of furan rings is 1. The van der Waals surface area contributed by atoms with Crippen molar-refractivity contribution in [1.82, 2.24) is 0 Å². The molecule has 0 radical (unpaired) electrons. The van der Waals surface area contributed by atoms with Gasteiger partial charge >= 0.3 is 0 Å². The Morgan fingerprint density at radius 2 is 1.42 bits per heavy atom. The first kappa shape index (κ1) is 13.3. The topological polar surface area (TPSA) is 37.2 Å². The average molecular weight is 312 g/mol. The molecular weight excluding hydrogens is 296 g/mol. The quantitative estimate of drug-likeness (QED) is 0.503. The summed E-state index contributed by atoms with van der Waals surface area (Å²) in [7, 11) is 0. The standard InChI is InChI=1S/C21H16N2O/c1-4-15-5-2-7-18-20(15)17(6-1)22-21(23-18)16-11-9-14(10-12-16)19-8-3-13-24-19/h1-13,21-23H. The molecule has 0 spiro atoms. The van der Waals surface area contributed by atoms with Crippen LogP contribution in [-0.4, -0.2) is 0 Å². The van der Waals surface area contributed by atoms with E-state index in [1.54, 1.807) is 6.26 Å². The van der Waals surface area contributed by atoms with Crippen molar-refractivity contribution in [2.24, 2.45) is 0 Å². The smallest absolute Gasteiger partial charge is 0.133 e. The van der Waals surface area contributed by atoms with Crippen molar-refractivity contribution in [2.45, 2.75) is 6.17 Å². The Labute approximate surface area is 139 Å². The van der Waals surface area contributed by atoms with Crippen LogP contribution >= 0.6 is 0 Å². The lowest BCUT2D eigenvalue weighted by molar-refractivity contribution is 0.582. The molecule has 0 aliphatic carbocycles. The van der Waals surface area contributed by atoms with Crippen molar-refractivity contribution >= 4 is 22.1 Å². The fraction of sp³-hybridized carbons (Fsp3) is 0.0476. The molecular formula is C21H16N2O. The van der Waals surface area contributed by atoms with E-state index in [-0.39, 0.29) is 6.17 Å². The lowest BCUT2D eigenvalue weighted by Crippen LogP contribution is -2.23. The lowest BCUT2D eigenvalue weighted by atomic mass is 10.0. The molecule has 116 valence electrons. The first-order valence-electron chi connectivity index (χ1n) is 8.07. The van der Waals surface area contributed by atoms with Crippen LogP contribution in [0.15, 0.2) is 83.5 Å². The van der Waals surface area contributed by atoms with Gasteiger partial charge in [0.2, 0.25) is 0 Å². The Morgan fingerprint density at radius 1 is 0.708 bits per heavy atom. The maximum atomic E-state index is 5.46. The summed E-state index contributed by atoms with van der Waals surface area (Å²) >= 11 is 0. The summed E-state index contributed by atoms with van der Waals surface area (Å²) in [4.78, 5) is 0. The zero-order valence-electron chi connectivity index (χ0n) is 13.0. The van der Waals surface area contributed by atoms with Gasteiger partial charge in [-0.2, -0.15) is 0 Å². The van der Waals surface area contributed by atoms with E-state index in [0.29, 0.717) is 0 Å². The Kier molecular flexibility index (Phi) is 2.85. The Morgan fingerprint density at radius 3 is 2.04 bits per heavy atom. The van der Waals surface area contributed by atoms with Crippen molar-refractivity contribution in [2.75, 3.05) is 10.6 Å². The number of rotatable bonds is 2. The zero-order valence-corrected chi connectivity index (χ0v) is 13.0. The second-order valence-corrected chi connectivity index (χ2v) is 6.03. The SMILES string of the molecule is c1coc(-c2ccc(C3Nc4cccc5cccc(c45)N3)cc2)c1. The monoisotopic (exact) mass is 312 g/mol. The van der Waals surface area contributed by atoms with Crippen LogP contribution in [0.2, 0.25) is 0 Å². The minimum atomic E-state index is 0.0520. The molecule has 2 N–H and O–H groups in total. The predicted molar refractivity (Wildman–Crippen MR) is 98.1 cm³/mol. The molecule has 0 saturated heterocycles. The van der Waals surface area contributed by atoms with Crippen LogP contribution < -0.4 is 10.6 Å². The Balaban J connectivity index is 1.51. The van der Waals surface area contributed by atoms with Crippen molar-refractivity contribution in [3.05, 3.63) is 84.6 Å². The van der Waals surface area contributed by atoms with E-state index < -0.39 is 0 Å². The van der Waals surface area contributed by atoms with E-state index in [0.717, 1.165) is 11.3 Å². The summed E-state index contributed by atoms with van der Waals surface area (Å²) in [5.74, 6) is 0.890. The number of anilines is 2. The van der Waals surface area contributed by atoms with Crippen LogP contribution in [0, 0.1) is 0 Å². The predicted octanol–water partition coefficient (Wildman–Crippen LogP) is 5.64. The molecule has 1 aliphatic heterocycles. The maximum absolute atomic E-state index is 5.46. The van der Waals surface area contributed by atoms with Crippen LogP contribution in [0.25, 0.3) is 22.1 Å². The molecule has 0 fully saturated rings. The third-order valence-corrected chi connectivity index (χ3v) is 4.55. The fourth-order valence-electron chi connectivity index (χ4n) is 3.38. The second-order valence-electron chi connectivity index (χ2n) is 6.03. The third-order valence-electron chi connectivity index (χ3n) is 4.55. The molecule has 1 aliphatic rings. The van der Waals surface area contributed by atoms with Crippen molar-refractivity contribution in [1.29, 1.82) is 0 Å². The highest BCUT2D eigenvalue weighted by molar-refractivity contribution is 6.04. The van der Waals surface area contributed by atoms with Gasteiger partial charge in [0.15, 0.2) is 0 Å². The Hall–Kier alpha value is -3.20. The summed E-state index contributed by atoms with van der Waals surface area (Å²) in [6.45, 7) is 0. The van der Waals surface area contributed by atoms with Gasteiger partial charge in [0, 0.05) is 22.3 Å². The molecule has 5 rings (SSSR count). The highest BCUT2D eigenvalue weighted by atomic mass is 16.3. The van der Waals surface area contributed by atoms with Gasteiger partial charge in [0.05, 0.1) is 6.26 Å². The molecule has 0 saturated carbocycles. The van der Waals surface area contributed by atoms with Crippen molar-refractivity contribution < 1.29 is 4.42 Å². The minimum absolute atomic E-state index is 0.0520. The minimum Gasteiger partial charge on any atom is -0.464 e. The third kappa shape index (κ3) is 2.06. The van der Waals surface area contributed by atoms with E-state index >= 15 is 0 Å². The van der Waals surface area contributed by atoms with Gasteiger partial charge < -0.3 is 15.1 Å². The molecule has 2 heterocycles. The second kappa shape index (κ2) is 5.17. The van der Waals surface area contributed by atoms with Crippen LogP contribution in [0.3, 0.4) is 0 Å². The molecule has 3 aromatic carbocycles. The first-order valence-corrected chi connectivity index (χ1v) is 8.07. The van der Waals surface area contributed by atoms with Gasteiger partial charge in [-0.05, 0) is 35.2 Å². The summed E-state index contributed by atoms with van der Waals surface area (Å²) in [6, 6.07) is 25.1. The van der Waals surface area contributed by atoms with Gasteiger partial charge in [0.1, 0.15) is 11.9 Å². The molecule has 24 heavy (non-hydrogen) atoms. The largest absolute Gasteiger partial charge is 0.464 e. The van der Waals surface area contributed by atoms with Crippen LogP contribution in [0.1, 0.15) is 11.7 Å². The molecule has 0 unspecified atom stereocenters. The molecule has 3 nitrogen and oxygen atoms in total. The fourth-order valence-corrected chi connectivity index (χ4v) is 3.38. The summed E-state index contributed by atoms with van der Waals surface area (Å²) in [5.41, 5.74) is 4.61. The molecule has 0 amide bonds. The van der Waals surface area contributed by atoms with Gasteiger partial charge in [-0.1, -0.05) is 48.5 Å². The van der Waals surface area contributed by atoms with E-state index in [2.05, 4.69) is 71.3 Å². The highest BCUT2D eigenvalue weighted by Gasteiger charge is 2.20. The van der Waals surface area contributed by atoms with Crippen LogP contribution in [0.5, 0.6) is 0 Å². The molecule has 4 aromatic rings.